The largest absolute Gasteiger partial charge is 0.384 e. The molecule has 1 aliphatic heterocycles. The first-order chi connectivity index (χ1) is 18.2. The summed E-state index contributed by atoms with van der Waals surface area (Å²) in [6.07, 6.45) is 3.74. The van der Waals surface area contributed by atoms with Gasteiger partial charge in [0.15, 0.2) is 5.65 Å². The number of sulfonamides is 1. The van der Waals surface area contributed by atoms with Gasteiger partial charge in [0.05, 0.1) is 26.0 Å². The number of hydrogen-bond donors (Lipinski definition) is 3. The Labute approximate surface area is 228 Å². The average Bonchev–Trinajstić information content (AvgIpc) is 3.39. The van der Waals surface area contributed by atoms with Crippen LogP contribution in [0.4, 0.5) is 17.5 Å². The van der Waals surface area contributed by atoms with Crippen LogP contribution < -0.4 is 21.5 Å². The minimum Gasteiger partial charge on any atom is -0.384 e. The van der Waals surface area contributed by atoms with Gasteiger partial charge in [-0.25, -0.2) is 27.5 Å². The van der Waals surface area contributed by atoms with E-state index in [9.17, 15) is 13.2 Å². The highest BCUT2D eigenvalue weighted by Gasteiger charge is 2.18. The number of halogens is 2. The van der Waals surface area contributed by atoms with E-state index >= 15 is 0 Å². The van der Waals surface area contributed by atoms with E-state index in [0.717, 1.165) is 30.5 Å². The molecule has 1 saturated heterocycles. The van der Waals surface area contributed by atoms with Gasteiger partial charge in [-0.15, -0.1) is 0 Å². The van der Waals surface area contributed by atoms with Gasteiger partial charge in [-0.1, -0.05) is 29.3 Å². The number of para-hydroxylation sites is 1. The number of nitrogens with zero attached hydrogens (tertiary/aromatic N) is 5. The second-order valence-electron chi connectivity index (χ2n) is 8.71. The molecule has 1 fully saturated rings. The lowest BCUT2D eigenvalue weighted by Gasteiger charge is -2.15. The normalized spacial score (nSPS) is 14.3. The molecular weight excluding hydrogens is 551 g/mol. The Balaban J connectivity index is 1.33. The molecule has 0 radical (unpaired) electrons. The summed E-state index contributed by atoms with van der Waals surface area (Å²) in [6.45, 7) is 3.06. The number of benzene rings is 2. The highest BCUT2D eigenvalue weighted by Crippen LogP contribution is 2.30. The van der Waals surface area contributed by atoms with E-state index in [0.29, 0.717) is 24.2 Å². The van der Waals surface area contributed by atoms with Crippen molar-refractivity contribution in [1.82, 2.24) is 29.1 Å². The topological polar surface area (TPSA) is 148 Å². The molecule has 0 unspecified atom stereocenters. The molecule has 2 aromatic carbocycles. The van der Waals surface area contributed by atoms with E-state index in [1.165, 1.54) is 18.3 Å². The van der Waals surface area contributed by atoms with Crippen LogP contribution in [0.2, 0.25) is 10.0 Å². The van der Waals surface area contributed by atoms with Gasteiger partial charge >= 0.3 is 5.69 Å². The molecule has 0 spiro atoms. The van der Waals surface area contributed by atoms with Crippen LogP contribution in [0.15, 0.2) is 58.4 Å². The Kier molecular flexibility index (Phi) is 7.50. The van der Waals surface area contributed by atoms with Crippen molar-refractivity contribution >= 4 is 61.7 Å². The average molecular weight is 575 g/mol. The highest BCUT2D eigenvalue weighted by atomic mass is 35.5. The summed E-state index contributed by atoms with van der Waals surface area (Å²) in [5.41, 5.74) is 6.39. The summed E-state index contributed by atoms with van der Waals surface area (Å²) in [4.78, 5) is 27.8. The molecule has 38 heavy (non-hydrogen) atoms. The van der Waals surface area contributed by atoms with Crippen LogP contribution >= 0.6 is 23.2 Å². The van der Waals surface area contributed by atoms with Gasteiger partial charge in [-0.2, -0.15) is 9.97 Å². The number of aromatic nitrogens is 4. The number of anilines is 3. The molecule has 2 aromatic heterocycles. The van der Waals surface area contributed by atoms with Crippen LogP contribution in [0.5, 0.6) is 0 Å². The third kappa shape index (κ3) is 5.45. The summed E-state index contributed by atoms with van der Waals surface area (Å²) < 4.78 is 29.0. The molecule has 198 valence electrons. The molecule has 0 aliphatic carbocycles. The minimum absolute atomic E-state index is 0.0355. The van der Waals surface area contributed by atoms with Gasteiger partial charge < -0.3 is 16.0 Å². The molecule has 3 heterocycles. The molecule has 4 aromatic rings. The Hall–Kier alpha value is -3.29. The number of hydrogen-bond acceptors (Lipinski definition) is 9. The first kappa shape index (κ1) is 26.3. The van der Waals surface area contributed by atoms with Gasteiger partial charge in [0.1, 0.15) is 5.82 Å². The quantitative estimate of drug-likeness (QED) is 0.288. The second-order valence-corrected chi connectivity index (χ2v) is 11.3. The van der Waals surface area contributed by atoms with Crippen LogP contribution in [0, 0.1) is 0 Å². The summed E-state index contributed by atoms with van der Waals surface area (Å²) in [5.74, 6) is 0.185. The number of nitrogens with two attached hydrogens (primary N) is 1. The third-order valence-corrected chi connectivity index (χ3v) is 8.27. The Bertz CT molecular complexity index is 1640. The number of nitrogen functional groups attached to an aromatic ring is 1. The van der Waals surface area contributed by atoms with Crippen LogP contribution in [0.3, 0.4) is 0 Å². The summed E-state index contributed by atoms with van der Waals surface area (Å²) in [6, 6.07) is 11.0. The standard InChI is InChI=1S/C24H24Cl2N8O3S/c25-18-4-3-5-19(26)20(18)34-21(27)17-14-28-23(31-22(17)32-24(34)35)30-15-6-8-16(9-7-15)38(36,37)29-10-13-33-11-1-2-12-33/h3-9,14,29H,1-2,10-13,27H2,(H,30,31,32,35). The monoisotopic (exact) mass is 574 g/mol. The van der Waals surface area contributed by atoms with Gasteiger partial charge in [-0.05, 0) is 62.3 Å². The highest BCUT2D eigenvalue weighted by molar-refractivity contribution is 7.89. The van der Waals surface area contributed by atoms with Crippen LogP contribution in [0.25, 0.3) is 16.7 Å². The summed E-state index contributed by atoms with van der Waals surface area (Å²) >= 11 is 12.5. The zero-order chi connectivity index (χ0) is 26.9. The first-order valence-corrected chi connectivity index (χ1v) is 14.1. The molecule has 5 rings (SSSR count). The molecule has 0 saturated carbocycles. The van der Waals surface area contributed by atoms with Crippen molar-refractivity contribution in [2.24, 2.45) is 0 Å². The van der Waals surface area contributed by atoms with Crippen molar-refractivity contribution in [2.75, 3.05) is 37.2 Å². The summed E-state index contributed by atoms with van der Waals surface area (Å²) in [7, 11) is -3.63. The predicted octanol–water partition coefficient (Wildman–Crippen LogP) is 3.18. The van der Waals surface area contributed by atoms with Gasteiger partial charge in [0.25, 0.3) is 0 Å². The van der Waals surface area contributed by atoms with Crippen LogP contribution in [-0.4, -0.2) is 59.0 Å². The molecular formula is C24H24Cl2N8O3S. The van der Waals surface area contributed by atoms with Crippen molar-refractivity contribution in [3.8, 4) is 5.69 Å². The van der Waals surface area contributed by atoms with E-state index in [4.69, 9.17) is 28.9 Å². The SMILES string of the molecule is Nc1c2cnc(Nc3ccc(S(=O)(=O)NCCN4CCCC4)cc3)nc2nc(=O)n1-c1c(Cl)cccc1Cl. The van der Waals surface area contributed by atoms with Crippen LogP contribution in [0.1, 0.15) is 12.8 Å². The lowest BCUT2D eigenvalue weighted by Crippen LogP contribution is -2.33. The Morgan fingerprint density at radius 2 is 1.68 bits per heavy atom. The van der Waals surface area contributed by atoms with Crippen molar-refractivity contribution in [1.29, 1.82) is 0 Å². The fourth-order valence-electron chi connectivity index (χ4n) is 4.26. The van der Waals surface area contributed by atoms with Crippen molar-refractivity contribution in [3.05, 3.63) is 69.2 Å². The summed E-state index contributed by atoms with van der Waals surface area (Å²) in [5, 5.41) is 3.78. The third-order valence-electron chi connectivity index (χ3n) is 6.18. The van der Waals surface area contributed by atoms with E-state index < -0.39 is 15.7 Å². The molecule has 4 N–H and O–H groups in total. The van der Waals surface area contributed by atoms with Gasteiger partial charge in [0.2, 0.25) is 16.0 Å². The fraction of sp³-hybridized carbons (Fsp3) is 0.250. The maximum absolute atomic E-state index is 12.8. The molecule has 0 bridgehead atoms. The second kappa shape index (κ2) is 10.8. The lowest BCUT2D eigenvalue weighted by atomic mass is 10.3. The Morgan fingerprint density at radius 3 is 2.37 bits per heavy atom. The van der Waals surface area contributed by atoms with Crippen molar-refractivity contribution < 1.29 is 8.42 Å². The number of rotatable bonds is 8. The molecule has 14 heteroatoms. The number of nitrogens with one attached hydrogen (secondary N) is 2. The van der Waals surface area contributed by atoms with E-state index in [1.807, 2.05) is 0 Å². The molecule has 1 aliphatic rings. The molecule has 11 nitrogen and oxygen atoms in total. The van der Waals surface area contributed by atoms with E-state index in [1.54, 1.807) is 30.3 Å². The van der Waals surface area contributed by atoms with Crippen LogP contribution in [-0.2, 0) is 10.0 Å². The first-order valence-electron chi connectivity index (χ1n) is 11.8. The van der Waals surface area contributed by atoms with Crippen molar-refractivity contribution in [3.63, 3.8) is 0 Å². The van der Waals surface area contributed by atoms with E-state index in [-0.39, 0.29) is 38.0 Å². The number of fused-ring (bicyclic) bond motifs is 1. The van der Waals surface area contributed by atoms with Gasteiger partial charge in [-0.3, -0.25) is 0 Å². The fourth-order valence-corrected chi connectivity index (χ4v) is 5.84. The van der Waals surface area contributed by atoms with Gasteiger partial charge in [0, 0.05) is 25.0 Å². The zero-order valence-electron chi connectivity index (χ0n) is 20.1. The molecule has 0 amide bonds. The van der Waals surface area contributed by atoms with E-state index in [2.05, 4.69) is 29.9 Å². The Morgan fingerprint density at radius 1 is 1.00 bits per heavy atom. The smallest absolute Gasteiger partial charge is 0.355 e. The zero-order valence-corrected chi connectivity index (χ0v) is 22.4. The minimum atomic E-state index is -3.63. The predicted molar refractivity (Wildman–Crippen MR) is 148 cm³/mol. The lowest BCUT2D eigenvalue weighted by molar-refractivity contribution is 0.344. The number of likely N-dealkylation sites (tertiary alicyclic amines) is 1. The maximum Gasteiger partial charge on any atom is 0.355 e. The molecule has 0 atom stereocenters. The maximum atomic E-state index is 12.8. The van der Waals surface area contributed by atoms with Crippen molar-refractivity contribution in [2.45, 2.75) is 17.7 Å².